The molecule has 0 saturated carbocycles. The van der Waals surface area contributed by atoms with Gasteiger partial charge in [-0.1, -0.05) is 58.9 Å². The minimum atomic E-state index is -1.63. The summed E-state index contributed by atoms with van der Waals surface area (Å²) in [6, 6.07) is 7.49. The predicted molar refractivity (Wildman–Crippen MR) is 75.9 cm³/mol. The second-order valence-corrected chi connectivity index (χ2v) is 6.07. The van der Waals surface area contributed by atoms with Gasteiger partial charge in [0.1, 0.15) is 0 Å². The summed E-state index contributed by atoms with van der Waals surface area (Å²) in [5, 5.41) is 10.4. The molecular formula is C13H10Cl3NO. The molecule has 1 aromatic carbocycles. The molecular weight excluding hydrogens is 293 g/mol. The van der Waals surface area contributed by atoms with Gasteiger partial charge in [0.05, 0.1) is 18.8 Å². The lowest BCUT2D eigenvalue weighted by molar-refractivity contribution is 0.281. The Morgan fingerprint density at radius 1 is 1.28 bits per heavy atom. The Hall–Kier alpha value is -0.850. The number of benzene rings is 1. The molecule has 0 fully saturated rings. The first kappa shape index (κ1) is 13.6. The molecule has 0 aliphatic rings. The van der Waals surface area contributed by atoms with E-state index in [4.69, 9.17) is 41.2 Å². The summed E-state index contributed by atoms with van der Waals surface area (Å²) in [7, 11) is 0. The Kier molecular flexibility index (Phi) is 3.79. The van der Waals surface area contributed by atoms with Crippen LogP contribution in [0.3, 0.4) is 0 Å². The van der Waals surface area contributed by atoms with Crippen LogP contribution in [-0.4, -0.2) is 9.67 Å². The summed E-state index contributed by atoms with van der Waals surface area (Å²) < 4.78 is 0.113. The number of alkyl halides is 3. The second-order valence-electron chi connectivity index (χ2n) is 3.79. The number of aliphatic hydroxyl groups is 1. The molecule has 0 unspecified atom stereocenters. The molecule has 0 radical (unpaired) electrons. The first-order valence-corrected chi connectivity index (χ1v) is 6.35. The molecule has 1 aromatic heterocycles. The molecule has 1 heterocycles. The van der Waals surface area contributed by atoms with Gasteiger partial charge >= 0.3 is 0 Å². The SMILES string of the molecule is C#CCn1c(C(Cl)(Cl)Cl)c(CO)c2ccccc21. The first-order valence-electron chi connectivity index (χ1n) is 5.22. The fourth-order valence-corrected chi connectivity index (χ4v) is 2.76. The van der Waals surface area contributed by atoms with Gasteiger partial charge in [-0.25, -0.2) is 0 Å². The molecule has 0 amide bonds. The zero-order valence-corrected chi connectivity index (χ0v) is 11.6. The van der Waals surface area contributed by atoms with Crippen LogP contribution in [0.2, 0.25) is 0 Å². The minimum absolute atomic E-state index is 0.207. The van der Waals surface area contributed by atoms with E-state index in [-0.39, 0.29) is 13.2 Å². The highest BCUT2D eigenvalue weighted by atomic mass is 35.6. The number of para-hydroxylation sites is 1. The largest absolute Gasteiger partial charge is 0.392 e. The van der Waals surface area contributed by atoms with Crippen molar-refractivity contribution >= 4 is 45.7 Å². The molecule has 18 heavy (non-hydrogen) atoms. The average Bonchev–Trinajstić information content (AvgIpc) is 2.64. The fourth-order valence-electron chi connectivity index (χ4n) is 2.11. The summed E-state index contributed by atoms with van der Waals surface area (Å²) in [5.74, 6) is 2.53. The molecule has 0 bridgehead atoms. The van der Waals surface area contributed by atoms with Gasteiger partial charge in [-0.05, 0) is 6.07 Å². The molecule has 0 saturated heterocycles. The van der Waals surface area contributed by atoms with Crippen molar-refractivity contribution in [3.8, 4) is 12.3 Å². The third-order valence-electron chi connectivity index (χ3n) is 2.75. The normalized spacial score (nSPS) is 11.7. The van der Waals surface area contributed by atoms with Gasteiger partial charge in [-0.2, -0.15) is 0 Å². The Morgan fingerprint density at radius 2 is 1.94 bits per heavy atom. The highest BCUT2D eigenvalue weighted by Gasteiger charge is 2.32. The van der Waals surface area contributed by atoms with Crippen LogP contribution in [0.15, 0.2) is 24.3 Å². The van der Waals surface area contributed by atoms with Gasteiger partial charge < -0.3 is 9.67 Å². The van der Waals surface area contributed by atoms with E-state index in [0.717, 1.165) is 10.9 Å². The summed E-state index contributed by atoms with van der Waals surface area (Å²) in [6.45, 7) is 0.0745. The van der Waals surface area contributed by atoms with Gasteiger partial charge in [0.2, 0.25) is 3.79 Å². The Balaban J connectivity index is 2.88. The number of aromatic nitrogens is 1. The Morgan fingerprint density at radius 3 is 2.50 bits per heavy atom. The van der Waals surface area contributed by atoms with Crippen LogP contribution in [-0.2, 0) is 16.9 Å². The van der Waals surface area contributed by atoms with Crippen molar-refractivity contribution in [2.24, 2.45) is 0 Å². The van der Waals surface area contributed by atoms with Crippen LogP contribution < -0.4 is 0 Å². The van der Waals surface area contributed by atoms with E-state index >= 15 is 0 Å². The van der Waals surface area contributed by atoms with Crippen LogP contribution in [0.4, 0.5) is 0 Å². The third kappa shape index (κ3) is 2.20. The van der Waals surface area contributed by atoms with Crippen molar-refractivity contribution < 1.29 is 5.11 Å². The highest BCUT2D eigenvalue weighted by molar-refractivity contribution is 6.66. The van der Waals surface area contributed by atoms with E-state index in [2.05, 4.69) is 5.92 Å². The fraction of sp³-hybridized carbons (Fsp3) is 0.231. The monoisotopic (exact) mass is 301 g/mol. The molecule has 0 atom stereocenters. The van der Waals surface area contributed by atoms with E-state index in [1.165, 1.54) is 0 Å². The zero-order chi connectivity index (χ0) is 13.3. The van der Waals surface area contributed by atoms with Crippen LogP contribution in [0, 0.1) is 12.3 Å². The lowest BCUT2D eigenvalue weighted by Crippen LogP contribution is -2.12. The summed E-state index contributed by atoms with van der Waals surface area (Å²) >= 11 is 18.0. The molecule has 1 N–H and O–H groups in total. The number of hydrogen-bond acceptors (Lipinski definition) is 1. The van der Waals surface area contributed by atoms with Crippen molar-refractivity contribution in [2.45, 2.75) is 16.9 Å². The smallest absolute Gasteiger partial charge is 0.231 e. The lowest BCUT2D eigenvalue weighted by Gasteiger charge is -2.16. The van der Waals surface area contributed by atoms with Crippen molar-refractivity contribution in [2.75, 3.05) is 0 Å². The average molecular weight is 303 g/mol. The van der Waals surface area contributed by atoms with E-state index in [1.54, 1.807) is 4.57 Å². The van der Waals surface area contributed by atoms with Crippen molar-refractivity contribution in [1.29, 1.82) is 0 Å². The number of hydrogen-bond donors (Lipinski definition) is 1. The van der Waals surface area contributed by atoms with E-state index < -0.39 is 3.79 Å². The van der Waals surface area contributed by atoms with Gasteiger partial charge in [0.25, 0.3) is 0 Å². The van der Waals surface area contributed by atoms with Gasteiger partial charge in [-0.15, -0.1) is 6.42 Å². The maximum absolute atomic E-state index is 9.52. The zero-order valence-electron chi connectivity index (χ0n) is 9.33. The van der Waals surface area contributed by atoms with Crippen molar-refractivity contribution in [3.63, 3.8) is 0 Å². The summed E-state index contributed by atoms with van der Waals surface area (Å²) in [4.78, 5) is 0. The minimum Gasteiger partial charge on any atom is -0.392 e. The van der Waals surface area contributed by atoms with Crippen LogP contribution in [0.1, 0.15) is 11.3 Å². The maximum atomic E-state index is 9.52. The van der Waals surface area contributed by atoms with Crippen LogP contribution in [0.5, 0.6) is 0 Å². The first-order chi connectivity index (χ1) is 8.50. The predicted octanol–water partition coefficient (Wildman–Crippen LogP) is 3.59. The number of halogens is 3. The summed E-state index contributed by atoms with van der Waals surface area (Å²) in [5.41, 5.74) is 1.87. The van der Waals surface area contributed by atoms with E-state index in [1.807, 2.05) is 24.3 Å². The molecule has 2 rings (SSSR count). The summed E-state index contributed by atoms with van der Waals surface area (Å²) in [6.07, 6.45) is 5.35. The quantitative estimate of drug-likeness (QED) is 0.665. The maximum Gasteiger partial charge on any atom is 0.231 e. The molecule has 0 aliphatic heterocycles. The number of terminal acetylenes is 1. The lowest BCUT2D eigenvalue weighted by atomic mass is 10.1. The van der Waals surface area contributed by atoms with Crippen LogP contribution in [0.25, 0.3) is 10.9 Å². The molecule has 0 spiro atoms. The number of rotatable bonds is 2. The molecule has 2 nitrogen and oxygen atoms in total. The molecule has 2 aromatic rings. The van der Waals surface area contributed by atoms with Gasteiger partial charge in [0, 0.05) is 16.5 Å². The van der Waals surface area contributed by atoms with Crippen LogP contribution >= 0.6 is 34.8 Å². The van der Waals surface area contributed by atoms with E-state index in [0.29, 0.717) is 11.3 Å². The van der Waals surface area contributed by atoms with Gasteiger partial charge in [-0.3, -0.25) is 0 Å². The molecule has 5 heteroatoms. The number of nitrogens with zero attached hydrogens (tertiary/aromatic N) is 1. The molecule has 0 aliphatic carbocycles. The third-order valence-corrected chi connectivity index (χ3v) is 3.29. The molecule has 94 valence electrons. The van der Waals surface area contributed by atoms with Gasteiger partial charge in [0.15, 0.2) is 0 Å². The van der Waals surface area contributed by atoms with E-state index in [9.17, 15) is 5.11 Å². The number of fused-ring (bicyclic) bond motifs is 1. The second kappa shape index (κ2) is 5.03. The van der Waals surface area contributed by atoms with Crippen molar-refractivity contribution in [3.05, 3.63) is 35.5 Å². The highest BCUT2D eigenvalue weighted by Crippen LogP contribution is 2.43. The van der Waals surface area contributed by atoms with Crippen molar-refractivity contribution in [1.82, 2.24) is 4.57 Å². The number of aliphatic hydroxyl groups excluding tert-OH is 1. The topological polar surface area (TPSA) is 25.2 Å². The standard InChI is InChI=1S/C13H10Cl3NO/c1-2-7-17-11-6-4-3-5-9(11)10(8-18)12(17)13(14,15)16/h1,3-6,18H,7-8H2. The Bertz CT molecular complexity index is 619. The Labute approximate surface area is 120 Å².